The summed E-state index contributed by atoms with van der Waals surface area (Å²) in [7, 11) is 0. The van der Waals surface area contributed by atoms with Crippen LogP contribution >= 0.6 is 0 Å². The fraction of sp³-hybridized carbons (Fsp3) is 0.909. The maximum Gasteiger partial charge on any atom is 0.315 e. The molecule has 0 bridgehead atoms. The van der Waals surface area contributed by atoms with Crippen molar-refractivity contribution in [1.29, 1.82) is 0 Å². The minimum Gasteiger partial charge on any atom is -0.388 e. The van der Waals surface area contributed by atoms with E-state index in [1.54, 1.807) is 27.7 Å². The smallest absolute Gasteiger partial charge is 0.315 e. The van der Waals surface area contributed by atoms with Crippen LogP contribution in [-0.4, -0.2) is 28.8 Å². The van der Waals surface area contributed by atoms with Crippen molar-refractivity contribution in [3.05, 3.63) is 0 Å². The lowest BCUT2D eigenvalue weighted by atomic mass is 9.86. The molecule has 0 fully saturated rings. The van der Waals surface area contributed by atoms with Crippen molar-refractivity contribution in [3.8, 4) is 0 Å². The molecule has 0 radical (unpaired) electrons. The summed E-state index contributed by atoms with van der Waals surface area (Å²) in [6.45, 7) is 9.70. The molecule has 0 aliphatic carbocycles. The lowest BCUT2D eigenvalue weighted by Gasteiger charge is -2.37. The maximum absolute atomic E-state index is 11.4. The van der Waals surface area contributed by atoms with Crippen LogP contribution < -0.4 is 10.6 Å². The second-order valence-corrected chi connectivity index (χ2v) is 4.92. The van der Waals surface area contributed by atoms with Gasteiger partial charge in [0.2, 0.25) is 0 Å². The molecule has 0 unspecified atom stereocenters. The van der Waals surface area contributed by atoms with E-state index in [-0.39, 0.29) is 6.03 Å². The lowest BCUT2D eigenvalue weighted by molar-refractivity contribution is 0.00103. The van der Waals surface area contributed by atoms with Gasteiger partial charge in [-0.25, -0.2) is 4.79 Å². The van der Waals surface area contributed by atoms with Crippen molar-refractivity contribution in [2.45, 2.75) is 58.6 Å². The molecule has 0 aliphatic heterocycles. The highest BCUT2D eigenvalue weighted by Crippen LogP contribution is 2.19. The van der Waals surface area contributed by atoms with Crippen molar-refractivity contribution in [2.75, 3.05) is 6.54 Å². The van der Waals surface area contributed by atoms with E-state index in [2.05, 4.69) is 17.6 Å². The summed E-state index contributed by atoms with van der Waals surface area (Å²) >= 11 is 0. The molecule has 90 valence electrons. The molecule has 0 aromatic rings. The van der Waals surface area contributed by atoms with Crippen LogP contribution in [0.2, 0.25) is 0 Å². The molecule has 4 heteroatoms. The highest BCUT2D eigenvalue weighted by atomic mass is 16.3. The number of hydrogen-bond donors (Lipinski definition) is 3. The fourth-order valence-electron chi connectivity index (χ4n) is 0.860. The van der Waals surface area contributed by atoms with Gasteiger partial charge >= 0.3 is 6.03 Å². The molecule has 3 N–H and O–H groups in total. The monoisotopic (exact) mass is 216 g/mol. The maximum atomic E-state index is 11.4. The van der Waals surface area contributed by atoms with Gasteiger partial charge < -0.3 is 15.7 Å². The Morgan fingerprint density at radius 2 is 1.80 bits per heavy atom. The van der Waals surface area contributed by atoms with Crippen molar-refractivity contribution < 1.29 is 9.90 Å². The molecular formula is C11H24N2O2. The molecule has 0 rings (SSSR count). The summed E-state index contributed by atoms with van der Waals surface area (Å²) in [4.78, 5) is 11.4. The minimum absolute atomic E-state index is 0.226. The van der Waals surface area contributed by atoms with Gasteiger partial charge in [-0.15, -0.1) is 0 Å². The standard InChI is InChI=1S/C11H24N2O2/c1-6-7-8-12-9(14)13-10(2,3)11(4,5)15/h15H,6-8H2,1-5H3,(H2,12,13,14). The molecule has 15 heavy (non-hydrogen) atoms. The van der Waals surface area contributed by atoms with Gasteiger partial charge in [0.05, 0.1) is 11.1 Å². The number of urea groups is 1. The van der Waals surface area contributed by atoms with E-state index in [0.717, 1.165) is 12.8 Å². The van der Waals surface area contributed by atoms with E-state index in [1.807, 2.05) is 0 Å². The SMILES string of the molecule is CCCCNC(=O)NC(C)(C)C(C)(C)O. The zero-order chi connectivity index (χ0) is 12.1. The summed E-state index contributed by atoms with van der Waals surface area (Å²) in [6.07, 6.45) is 2.02. The molecule has 0 atom stereocenters. The van der Waals surface area contributed by atoms with Crippen molar-refractivity contribution >= 4 is 6.03 Å². The third kappa shape index (κ3) is 5.02. The Balaban J connectivity index is 4.06. The highest BCUT2D eigenvalue weighted by molar-refractivity contribution is 5.74. The zero-order valence-corrected chi connectivity index (χ0v) is 10.5. The van der Waals surface area contributed by atoms with E-state index in [1.165, 1.54) is 0 Å². The number of aliphatic hydroxyl groups is 1. The fourth-order valence-corrected chi connectivity index (χ4v) is 0.860. The molecule has 0 spiro atoms. The molecule has 2 amide bonds. The van der Waals surface area contributed by atoms with Crippen LogP contribution in [0.3, 0.4) is 0 Å². The number of carbonyl (C=O) groups is 1. The average molecular weight is 216 g/mol. The Morgan fingerprint density at radius 3 is 2.20 bits per heavy atom. The number of unbranched alkanes of at least 4 members (excludes halogenated alkanes) is 1. The number of hydrogen-bond acceptors (Lipinski definition) is 2. The normalized spacial score (nSPS) is 12.4. The first-order valence-corrected chi connectivity index (χ1v) is 5.49. The predicted molar refractivity (Wildman–Crippen MR) is 61.8 cm³/mol. The van der Waals surface area contributed by atoms with Crippen LogP contribution in [0, 0.1) is 0 Å². The quantitative estimate of drug-likeness (QED) is 0.612. The number of rotatable bonds is 5. The van der Waals surface area contributed by atoms with E-state index < -0.39 is 11.1 Å². The Morgan fingerprint density at radius 1 is 1.27 bits per heavy atom. The van der Waals surface area contributed by atoms with Gasteiger partial charge in [-0.2, -0.15) is 0 Å². The summed E-state index contributed by atoms with van der Waals surface area (Å²) in [5.74, 6) is 0. The van der Waals surface area contributed by atoms with Gasteiger partial charge in [0, 0.05) is 6.54 Å². The zero-order valence-electron chi connectivity index (χ0n) is 10.5. The largest absolute Gasteiger partial charge is 0.388 e. The summed E-state index contributed by atoms with van der Waals surface area (Å²) < 4.78 is 0. The van der Waals surface area contributed by atoms with Gasteiger partial charge in [-0.3, -0.25) is 0 Å². The molecule has 0 aliphatic rings. The predicted octanol–water partition coefficient (Wildman–Crippen LogP) is 1.64. The summed E-state index contributed by atoms with van der Waals surface area (Å²) in [5.41, 5.74) is -1.60. The first-order valence-electron chi connectivity index (χ1n) is 5.49. The number of nitrogens with one attached hydrogen (secondary N) is 2. The highest BCUT2D eigenvalue weighted by Gasteiger charge is 2.36. The Hall–Kier alpha value is -0.770. The Labute approximate surface area is 92.4 Å². The third-order valence-electron chi connectivity index (χ3n) is 2.77. The molecule has 0 saturated carbocycles. The Bertz CT molecular complexity index is 207. The molecule has 0 aromatic heterocycles. The van der Waals surface area contributed by atoms with Crippen LogP contribution in [-0.2, 0) is 0 Å². The molecule has 0 saturated heterocycles. The van der Waals surface area contributed by atoms with Crippen LogP contribution in [0.4, 0.5) is 4.79 Å². The van der Waals surface area contributed by atoms with Crippen LogP contribution in [0.1, 0.15) is 47.5 Å². The average Bonchev–Trinajstić information content (AvgIpc) is 2.01. The van der Waals surface area contributed by atoms with Crippen LogP contribution in [0.15, 0.2) is 0 Å². The third-order valence-corrected chi connectivity index (χ3v) is 2.77. The van der Waals surface area contributed by atoms with Gasteiger partial charge in [0.15, 0.2) is 0 Å². The Kier molecular flexibility index (Phi) is 5.08. The van der Waals surface area contributed by atoms with Gasteiger partial charge in [0.25, 0.3) is 0 Å². The van der Waals surface area contributed by atoms with E-state index in [9.17, 15) is 9.90 Å². The van der Waals surface area contributed by atoms with E-state index in [0.29, 0.717) is 6.54 Å². The first-order chi connectivity index (χ1) is 6.70. The van der Waals surface area contributed by atoms with Gasteiger partial charge in [0.1, 0.15) is 0 Å². The van der Waals surface area contributed by atoms with Gasteiger partial charge in [-0.1, -0.05) is 13.3 Å². The second-order valence-electron chi connectivity index (χ2n) is 4.92. The second kappa shape index (κ2) is 5.35. The number of carbonyl (C=O) groups excluding carboxylic acids is 1. The topological polar surface area (TPSA) is 61.4 Å². The van der Waals surface area contributed by atoms with Crippen molar-refractivity contribution in [2.24, 2.45) is 0 Å². The van der Waals surface area contributed by atoms with Gasteiger partial charge in [-0.05, 0) is 34.1 Å². The molecule has 0 aromatic carbocycles. The molecule has 0 heterocycles. The lowest BCUT2D eigenvalue weighted by Crippen LogP contribution is -2.59. The van der Waals surface area contributed by atoms with Crippen LogP contribution in [0.5, 0.6) is 0 Å². The number of amides is 2. The van der Waals surface area contributed by atoms with Crippen molar-refractivity contribution in [3.63, 3.8) is 0 Å². The summed E-state index contributed by atoms with van der Waals surface area (Å²) in [5, 5.41) is 15.3. The van der Waals surface area contributed by atoms with E-state index in [4.69, 9.17) is 0 Å². The van der Waals surface area contributed by atoms with Crippen molar-refractivity contribution in [1.82, 2.24) is 10.6 Å². The summed E-state index contributed by atoms with van der Waals surface area (Å²) in [6, 6.07) is -0.226. The van der Waals surface area contributed by atoms with E-state index >= 15 is 0 Å². The first kappa shape index (κ1) is 14.2. The molecule has 4 nitrogen and oxygen atoms in total. The molecular weight excluding hydrogens is 192 g/mol. The minimum atomic E-state index is -0.949. The van der Waals surface area contributed by atoms with Crippen LogP contribution in [0.25, 0.3) is 0 Å².